The van der Waals surface area contributed by atoms with Crippen LogP contribution in [0.3, 0.4) is 0 Å². The van der Waals surface area contributed by atoms with Gasteiger partial charge in [-0.05, 0) is 56.3 Å². The molecular weight excluding hydrogens is 365 g/mol. The van der Waals surface area contributed by atoms with Crippen LogP contribution in [0, 0.1) is 5.82 Å². The van der Waals surface area contributed by atoms with Crippen LogP contribution in [-0.2, 0) is 5.75 Å². The SMILES string of the molecule is CCN(CC)c1ccc(-c2nnc(SCc3cc(F)ccc3OC)o2)cc1. The van der Waals surface area contributed by atoms with Crippen LogP contribution in [0.25, 0.3) is 11.5 Å². The van der Waals surface area contributed by atoms with E-state index in [1.165, 1.54) is 23.9 Å². The molecule has 1 aromatic heterocycles. The molecule has 0 aliphatic carbocycles. The Labute approximate surface area is 162 Å². The fourth-order valence-corrected chi connectivity index (χ4v) is 3.53. The second-order valence-corrected chi connectivity index (χ2v) is 6.76. The van der Waals surface area contributed by atoms with Crippen LogP contribution < -0.4 is 9.64 Å². The Morgan fingerprint density at radius 2 is 1.81 bits per heavy atom. The number of halogens is 1. The summed E-state index contributed by atoms with van der Waals surface area (Å²) in [6.07, 6.45) is 0. The molecule has 1 heterocycles. The summed E-state index contributed by atoms with van der Waals surface area (Å²) in [4.78, 5) is 2.27. The van der Waals surface area contributed by atoms with Gasteiger partial charge in [-0.1, -0.05) is 11.8 Å². The molecule has 0 atom stereocenters. The van der Waals surface area contributed by atoms with Gasteiger partial charge < -0.3 is 14.1 Å². The highest BCUT2D eigenvalue weighted by atomic mass is 32.2. The van der Waals surface area contributed by atoms with Gasteiger partial charge in [0.05, 0.1) is 7.11 Å². The van der Waals surface area contributed by atoms with Crippen molar-refractivity contribution in [2.45, 2.75) is 24.8 Å². The van der Waals surface area contributed by atoms with Gasteiger partial charge in [0.1, 0.15) is 11.6 Å². The van der Waals surface area contributed by atoms with Crippen LogP contribution >= 0.6 is 11.8 Å². The van der Waals surface area contributed by atoms with Gasteiger partial charge in [-0.3, -0.25) is 0 Å². The van der Waals surface area contributed by atoms with Crippen molar-refractivity contribution in [1.29, 1.82) is 0 Å². The standard InChI is InChI=1S/C20H22FN3O2S/c1-4-24(5-2)17-9-6-14(7-10-17)19-22-23-20(26-19)27-13-15-12-16(21)8-11-18(15)25-3/h6-12H,4-5,13H2,1-3H3. The molecule has 3 aromatic rings. The monoisotopic (exact) mass is 387 g/mol. The topological polar surface area (TPSA) is 51.4 Å². The maximum Gasteiger partial charge on any atom is 0.277 e. The molecule has 0 aliphatic rings. The van der Waals surface area contributed by atoms with Crippen molar-refractivity contribution in [3.8, 4) is 17.2 Å². The number of hydrogen-bond donors (Lipinski definition) is 0. The number of nitrogens with zero attached hydrogens (tertiary/aromatic N) is 3. The van der Waals surface area contributed by atoms with E-state index >= 15 is 0 Å². The minimum Gasteiger partial charge on any atom is -0.496 e. The van der Waals surface area contributed by atoms with E-state index in [1.54, 1.807) is 13.2 Å². The van der Waals surface area contributed by atoms with Gasteiger partial charge >= 0.3 is 0 Å². The fourth-order valence-electron chi connectivity index (χ4n) is 2.79. The lowest BCUT2D eigenvalue weighted by Crippen LogP contribution is -2.21. The number of benzene rings is 2. The summed E-state index contributed by atoms with van der Waals surface area (Å²) in [5.74, 6) is 1.28. The maximum absolute atomic E-state index is 13.5. The summed E-state index contributed by atoms with van der Waals surface area (Å²) in [5, 5.41) is 8.63. The van der Waals surface area contributed by atoms with E-state index in [4.69, 9.17) is 9.15 Å². The third kappa shape index (κ3) is 4.60. The molecule has 0 radical (unpaired) electrons. The molecule has 0 unspecified atom stereocenters. The average Bonchev–Trinajstić information content (AvgIpc) is 3.17. The highest BCUT2D eigenvalue weighted by Crippen LogP contribution is 2.30. The van der Waals surface area contributed by atoms with Gasteiger partial charge in [-0.15, -0.1) is 10.2 Å². The van der Waals surface area contributed by atoms with Gasteiger partial charge in [0.15, 0.2) is 0 Å². The van der Waals surface area contributed by atoms with E-state index in [9.17, 15) is 4.39 Å². The smallest absolute Gasteiger partial charge is 0.277 e. The summed E-state index contributed by atoms with van der Waals surface area (Å²) in [6, 6.07) is 12.5. The number of hydrogen-bond acceptors (Lipinski definition) is 6. The Kier molecular flexibility index (Phi) is 6.34. The van der Waals surface area contributed by atoms with E-state index in [0.717, 1.165) is 29.9 Å². The van der Waals surface area contributed by atoms with Crippen molar-refractivity contribution in [3.05, 3.63) is 53.8 Å². The molecule has 27 heavy (non-hydrogen) atoms. The maximum atomic E-state index is 13.5. The predicted octanol–water partition coefficient (Wildman–Crippen LogP) is 5.02. The Bertz CT molecular complexity index is 879. The molecule has 3 rings (SSSR count). The Morgan fingerprint density at radius 1 is 1.07 bits per heavy atom. The fraction of sp³-hybridized carbons (Fsp3) is 0.300. The number of anilines is 1. The minimum atomic E-state index is -0.300. The molecule has 0 saturated carbocycles. The summed E-state index contributed by atoms with van der Waals surface area (Å²) in [6.45, 7) is 6.18. The van der Waals surface area contributed by atoms with Crippen LogP contribution in [0.5, 0.6) is 5.75 Å². The molecule has 7 heteroatoms. The zero-order valence-corrected chi connectivity index (χ0v) is 16.4. The van der Waals surface area contributed by atoms with Crippen LogP contribution in [-0.4, -0.2) is 30.4 Å². The summed E-state index contributed by atoms with van der Waals surface area (Å²) in [5.41, 5.74) is 2.77. The van der Waals surface area contributed by atoms with E-state index in [-0.39, 0.29) is 5.82 Å². The Hall–Kier alpha value is -2.54. The normalized spacial score (nSPS) is 10.8. The molecule has 0 fully saturated rings. The second-order valence-electron chi connectivity index (χ2n) is 5.84. The average molecular weight is 387 g/mol. The molecule has 0 N–H and O–H groups in total. The molecule has 0 bridgehead atoms. The van der Waals surface area contributed by atoms with Crippen LogP contribution in [0.4, 0.5) is 10.1 Å². The highest BCUT2D eigenvalue weighted by molar-refractivity contribution is 7.98. The Balaban J connectivity index is 1.69. The predicted molar refractivity (Wildman–Crippen MR) is 106 cm³/mol. The van der Waals surface area contributed by atoms with Crippen LogP contribution in [0.15, 0.2) is 52.1 Å². The lowest BCUT2D eigenvalue weighted by molar-refractivity contribution is 0.410. The van der Waals surface area contributed by atoms with Crippen LogP contribution in [0.2, 0.25) is 0 Å². The number of methoxy groups -OCH3 is 1. The lowest BCUT2D eigenvalue weighted by atomic mass is 10.2. The first kappa shape index (κ1) is 19.2. The van der Waals surface area contributed by atoms with Crippen molar-refractivity contribution in [2.24, 2.45) is 0 Å². The number of ether oxygens (including phenoxy) is 1. The third-order valence-electron chi connectivity index (χ3n) is 4.24. The summed E-state index contributed by atoms with van der Waals surface area (Å²) in [7, 11) is 1.56. The van der Waals surface area contributed by atoms with Gasteiger partial charge in [0, 0.05) is 35.7 Å². The molecule has 0 amide bonds. The number of thioether (sulfide) groups is 1. The summed E-state index contributed by atoms with van der Waals surface area (Å²) >= 11 is 1.35. The largest absolute Gasteiger partial charge is 0.496 e. The highest BCUT2D eigenvalue weighted by Gasteiger charge is 2.12. The molecular formula is C20H22FN3O2S. The molecule has 142 valence electrons. The quantitative estimate of drug-likeness (QED) is 0.506. The lowest BCUT2D eigenvalue weighted by Gasteiger charge is -2.20. The zero-order chi connectivity index (χ0) is 19.2. The van der Waals surface area contributed by atoms with Crippen molar-refractivity contribution in [3.63, 3.8) is 0 Å². The van der Waals surface area contributed by atoms with Crippen molar-refractivity contribution in [1.82, 2.24) is 10.2 Å². The molecule has 0 aliphatic heterocycles. The number of aromatic nitrogens is 2. The second kappa shape index (κ2) is 8.90. The van der Waals surface area contributed by atoms with Crippen molar-refractivity contribution in [2.75, 3.05) is 25.1 Å². The van der Waals surface area contributed by atoms with Gasteiger partial charge in [0.25, 0.3) is 5.22 Å². The first-order valence-corrected chi connectivity index (χ1v) is 9.77. The van der Waals surface area contributed by atoms with E-state index in [0.29, 0.717) is 22.6 Å². The first-order valence-electron chi connectivity index (χ1n) is 8.78. The van der Waals surface area contributed by atoms with Gasteiger partial charge in [0.2, 0.25) is 5.89 Å². The van der Waals surface area contributed by atoms with Crippen molar-refractivity contribution < 1.29 is 13.5 Å². The third-order valence-corrected chi connectivity index (χ3v) is 5.11. The van der Waals surface area contributed by atoms with Crippen LogP contribution in [0.1, 0.15) is 19.4 Å². The van der Waals surface area contributed by atoms with E-state index < -0.39 is 0 Å². The Morgan fingerprint density at radius 3 is 2.48 bits per heavy atom. The minimum absolute atomic E-state index is 0.300. The first-order chi connectivity index (χ1) is 13.1. The molecule has 0 saturated heterocycles. The van der Waals surface area contributed by atoms with Gasteiger partial charge in [-0.2, -0.15) is 0 Å². The number of rotatable bonds is 8. The van der Waals surface area contributed by atoms with E-state index in [1.807, 2.05) is 12.1 Å². The van der Waals surface area contributed by atoms with E-state index in [2.05, 4.69) is 41.1 Å². The van der Waals surface area contributed by atoms with Gasteiger partial charge in [-0.25, -0.2) is 4.39 Å². The zero-order valence-electron chi connectivity index (χ0n) is 15.6. The molecule has 2 aromatic carbocycles. The molecule has 0 spiro atoms. The summed E-state index contributed by atoms with van der Waals surface area (Å²) < 4.78 is 24.5. The molecule has 5 nitrogen and oxygen atoms in total. The van der Waals surface area contributed by atoms with Crippen molar-refractivity contribution >= 4 is 17.4 Å².